The normalized spacial score (nSPS) is 12.4. The summed E-state index contributed by atoms with van der Waals surface area (Å²) in [6, 6.07) is 6.83. The Morgan fingerprint density at radius 3 is 2.39 bits per heavy atom. The molecule has 0 radical (unpaired) electrons. The van der Waals surface area contributed by atoms with Crippen molar-refractivity contribution in [2.45, 2.75) is 26.1 Å². The van der Waals surface area contributed by atoms with Crippen LogP contribution in [0.1, 0.15) is 25.5 Å². The van der Waals surface area contributed by atoms with Crippen molar-refractivity contribution in [2.24, 2.45) is 0 Å². The van der Waals surface area contributed by atoms with E-state index < -0.39 is 12.1 Å². The summed E-state index contributed by atoms with van der Waals surface area (Å²) in [6.45, 7) is 4.05. The summed E-state index contributed by atoms with van der Waals surface area (Å²) in [4.78, 5) is 11.1. The first-order valence-electron chi connectivity index (χ1n) is 5.71. The van der Waals surface area contributed by atoms with Crippen LogP contribution in [-0.2, 0) is 9.53 Å². The molecule has 1 aromatic rings. The van der Waals surface area contributed by atoms with Crippen molar-refractivity contribution < 1.29 is 19.4 Å². The molecular formula is C13H17ClO4. The number of halogens is 1. The van der Waals surface area contributed by atoms with Gasteiger partial charge in [-0.3, -0.25) is 0 Å². The standard InChI is InChI=1S/C13H17ClO4/c1-9(2)18-11-5-3-10(4-6-11)12(13(15)16)17-8-7-14/h3-6,9,12H,7-8H2,1-2H3,(H,15,16). The van der Waals surface area contributed by atoms with E-state index in [1.54, 1.807) is 24.3 Å². The monoisotopic (exact) mass is 272 g/mol. The third kappa shape index (κ3) is 4.55. The second-order valence-electron chi connectivity index (χ2n) is 4.01. The summed E-state index contributed by atoms with van der Waals surface area (Å²) >= 11 is 5.48. The lowest BCUT2D eigenvalue weighted by atomic mass is 10.1. The zero-order valence-corrected chi connectivity index (χ0v) is 11.2. The van der Waals surface area contributed by atoms with Gasteiger partial charge in [0, 0.05) is 5.88 Å². The van der Waals surface area contributed by atoms with Gasteiger partial charge >= 0.3 is 5.97 Å². The number of aliphatic carboxylic acids is 1. The molecule has 0 aliphatic heterocycles. The van der Waals surface area contributed by atoms with Crippen LogP contribution in [0.4, 0.5) is 0 Å². The van der Waals surface area contributed by atoms with Gasteiger partial charge in [-0.1, -0.05) is 12.1 Å². The predicted octanol–water partition coefficient (Wildman–Crippen LogP) is 2.85. The number of carboxylic acids is 1. The summed E-state index contributed by atoms with van der Waals surface area (Å²) in [5, 5.41) is 9.07. The molecule has 0 aromatic heterocycles. The molecule has 0 aliphatic rings. The van der Waals surface area contributed by atoms with E-state index in [1.165, 1.54) is 0 Å². The molecule has 0 saturated heterocycles. The van der Waals surface area contributed by atoms with Crippen molar-refractivity contribution in [3.8, 4) is 5.75 Å². The van der Waals surface area contributed by atoms with Gasteiger partial charge in [-0.25, -0.2) is 4.79 Å². The molecular weight excluding hydrogens is 256 g/mol. The minimum absolute atomic E-state index is 0.0821. The molecule has 1 unspecified atom stereocenters. The molecule has 0 heterocycles. The second kappa shape index (κ2) is 7.24. The van der Waals surface area contributed by atoms with Gasteiger partial charge < -0.3 is 14.6 Å². The zero-order valence-electron chi connectivity index (χ0n) is 10.4. The molecule has 1 atom stereocenters. The number of carbonyl (C=O) groups is 1. The predicted molar refractivity (Wildman–Crippen MR) is 69.3 cm³/mol. The van der Waals surface area contributed by atoms with Crippen LogP contribution in [-0.4, -0.2) is 29.7 Å². The fourth-order valence-electron chi connectivity index (χ4n) is 1.47. The average molecular weight is 273 g/mol. The van der Waals surface area contributed by atoms with E-state index in [9.17, 15) is 4.79 Å². The van der Waals surface area contributed by atoms with Crippen LogP contribution < -0.4 is 4.74 Å². The van der Waals surface area contributed by atoms with Crippen LogP contribution in [0.3, 0.4) is 0 Å². The van der Waals surface area contributed by atoms with Gasteiger partial charge in [0.2, 0.25) is 0 Å². The number of hydrogen-bond acceptors (Lipinski definition) is 3. The number of hydrogen-bond donors (Lipinski definition) is 1. The molecule has 0 bridgehead atoms. The van der Waals surface area contributed by atoms with Gasteiger partial charge in [0.25, 0.3) is 0 Å². The molecule has 100 valence electrons. The number of carboxylic acid groups (broad SMARTS) is 1. The lowest BCUT2D eigenvalue weighted by Gasteiger charge is -2.14. The second-order valence-corrected chi connectivity index (χ2v) is 4.39. The van der Waals surface area contributed by atoms with Crippen LogP contribution >= 0.6 is 11.6 Å². The summed E-state index contributed by atoms with van der Waals surface area (Å²) < 4.78 is 10.7. The molecule has 0 amide bonds. The average Bonchev–Trinajstić information content (AvgIpc) is 2.30. The number of ether oxygens (including phenoxy) is 2. The van der Waals surface area contributed by atoms with Crippen LogP contribution in [0.25, 0.3) is 0 Å². The third-order valence-corrected chi connectivity index (χ3v) is 2.29. The van der Waals surface area contributed by atoms with Gasteiger partial charge in [-0.2, -0.15) is 0 Å². The van der Waals surface area contributed by atoms with Crippen LogP contribution in [0, 0.1) is 0 Å². The maximum atomic E-state index is 11.1. The van der Waals surface area contributed by atoms with E-state index >= 15 is 0 Å². The van der Waals surface area contributed by atoms with Crippen molar-refractivity contribution in [2.75, 3.05) is 12.5 Å². The minimum atomic E-state index is -1.03. The molecule has 0 aliphatic carbocycles. The Hall–Kier alpha value is -1.26. The fraction of sp³-hybridized carbons (Fsp3) is 0.462. The largest absolute Gasteiger partial charge is 0.491 e. The van der Waals surface area contributed by atoms with Gasteiger partial charge in [0.05, 0.1) is 12.7 Å². The molecule has 4 nitrogen and oxygen atoms in total. The number of alkyl halides is 1. The van der Waals surface area contributed by atoms with E-state index in [0.717, 1.165) is 0 Å². The lowest BCUT2D eigenvalue weighted by molar-refractivity contribution is -0.150. The zero-order chi connectivity index (χ0) is 13.5. The van der Waals surface area contributed by atoms with E-state index in [0.29, 0.717) is 11.3 Å². The molecule has 18 heavy (non-hydrogen) atoms. The summed E-state index contributed by atoms with van der Waals surface area (Å²) in [7, 11) is 0. The Morgan fingerprint density at radius 2 is 1.94 bits per heavy atom. The van der Waals surface area contributed by atoms with E-state index in [2.05, 4.69) is 0 Å². The Kier molecular flexibility index (Phi) is 5.95. The van der Waals surface area contributed by atoms with Crippen molar-refractivity contribution in [3.05, 3.63) is 29.8 Å². The number of rotatable bonds is 7. The quantitative estimate of drug-likeness (QED) is 0.776. The minimum Gasteiger partial charge on any atom is -0.491 e. The molecule has 0 fully saturated rings. The Labute approximate surface area is 111 Å². The summed E-state index contributed by atoms with van der Waals surface area (Å²) in [6.07, 6.45) is -0.907. The highest BCUT2D eigenvalue weighted by atomic mass is 35.5. The van der Waals surface area contributed by atoms with E-state index in [1.807, 2.05) is 13.8 Å². The molecule has 1 aromatic carbocycles. The molecule has 5 heteroatoms. The first-order valence-corrected chi connectivity index (χ1v) is 6.25. The van der Waals surface area contributed by atoms with Crippen LogP contribution in [0.15, 0.2) is 24.3 Å². The maximum Gasteiger partial charge on any atom is 0.337 e. The number of benzene rings is 1. The van der Waals surface area contributed by atoms with Gasteiger partial charge in [-0.05, 0) is 31.5 Å². The van der Waals surface area contributed by atoms with Gasteiger partial charge in [0.1, 0.15) is 5.75 Å². The first-order chi connectivity index (χ1) is 8.54. The summed E-state index contributed by atoms with van der Waals surface area (Å²) in [5.74, 6) is -0.0638. The van der Waals surface area contributed by atoms with Crippen molar-refractivity contribution in [1.29, 1.82) is 0 Å². The highest BCUT2D eigenvalue weighted by molar-refractivity contribution is 6.17. The Morgan fingerprint density at radius 1 is 1.33 bits per heavy atom. The van der Waals surface area contributed by atoms with Crippen LogP contribution in [0.5, 0.6) is 5.75 Å². The molecule has 1 rings (SSSR count). The smallest absolute Gasteiger partial charge is 0.337 e. The highest BCUT2D eigenvalue weighted by Gasteiger charge is 2.20. The van der Waals surface area contributed by atoms with Gasteiger partial charge in [0.15, 0.2) is 6.10 Å². The topological polar surface area (TPSA) is 55.8 Å². The maximum absolute atomic E-state index is 11.1. The van der Waals surface area contributed by atoms with Crippen molar-refractivity contribution in [1.82, 2.24) is 0 Å². The van der Waals surface area contributed by atoms with E-state index in [-0.39, 0.29) is 18.6 Å². The first kappa shape index (κ1) is 14.8. The molecule has 0 saturated carbocycles. The molecule has 0 spiro atoms. The van der Waals surface area contributed by atoms with E-state index in [4.69, 9.17) is 26.2 Å². The fourth-order valence-corrected chi connectivity index (χ4v) is 1.55. The van der Waals surface area contributed by atoms with Gasteiger partial charge in [-0.15, -0.1) is 11.6 Å². The summed E-state index contributed by atoms with van der Waals surface area (Å²) in [5.41, 5.74) is 0.573. The Balaban J connectivity index is 2.77. The SMILES string of the molecule is CC(C)Oc1ccc(C(OCCCl)C(=O)O)cc1. The Bertz CT molecular complexity index is 375. The third-order valence-electron chi connectivity index (χ3n) is 2.14. The van der Waals surface area contributed by atoms with Crippen molar-refractivity contribution in [3.63, 3.8) is 0 Å². The lowest BCUT2D eigenvalue weighted by Crippen LogP contribution is -2.16. The van der Waals surface area contributed by atoms with Crippen molar-refractivity contribution >= 4 is 17.6 Å². The van der Waals surface area contributed by atoms with Crippen LogP contribution in [0.2, 0.25) is 0 Å². The highest BCUT2D eigenvalue weighted by Crippen LogP contribution is 2.21. The molecule has 1 N–H and O–H groups in total.